The average molecular weight is 526 g/mol. The van der Waals surface area contributed by atoms with E-state index in [0.29, 0.717) is 30.2 Å². The first kappa shape index (κ1) is 26.9. The summed E-state index contributed by atoms with van der Waals surface area (Å²) in [4.78, 5) is 12.9. The van der Waals surface area contributed by atoms with E-state index in [9.17, 15) is 21.6 Å². The molecule has 0 unspecified atom stereocenters. The molecule has 0 radical (unpaired) electrons. The van der Waals surface area contributed by atoms with Gasteiger partial charge < -0.3 is 14.8 Å². The van der Waals surface area contributed by atoms with Crippen LogP contribution < -0.4 is 14.8 Å². The van der Waals surface area contributed by atoms with E-state index in [1.54, 1.807) is 6.07 Å². The summed E-state index contributed by atoms with van der Waals surface area (Å²) < 4.78 is 64.0. The van der Waals surface area contributed by atoms with Gasteiger partial charge in [-0.3, -0.25) is 4.79 Å². The van der Waals surface area contributed by atoms with E-state index in [0.717, 1.165) is 17.1 Å². The predicted octanol–water partition coefficient (Wildman–Crippen LogP) is 2.31. The van der Waals surface area contributed by atoms with Crippen molar-refractivity contribution in [3.63, 3.8) is 0 Å². The van der Waals surface area contributed by atoms with Crippen molar-refractivity contribution in [2.24, 2.45) is 0 Å². The number of amides is 1. The fourth-order valence-electron chi connectivity index (χ4n) is 3.81. The van der Waals surface area contributed by atoms with Crippen molar-refractivity contribution in [2.75, 3.05) is 46.7 Å². The lowest BCUT2D eigenvalue weighted by molar-refractivity contribution is -0.116. The van der Waals surface area contributed by atoms with Crippen LogP contribution in [0.15, 0.2) is 46.2 Å². The lowest BCUT2D eigenvalue weighted by Gasteiger charge is -2.18. The molecular formula is C23H31N3O7S2. The molecule has 2 aromatic carbocycles. The Balaban J connectivity index is 1.79. The molecule has 1 N–H and O–H groups in total. The van der Waals surface area contributed by atoms with E-state index in [1.165, 1.54) is 63.0 Å². The molecule has 2 aromatic rings. The number of sulfonamides is 2. The zero-order valence-electron chi connectivity index (χ0n) is 20.3. The summed E-state index contributed by atoms with van der Waals surface area (Å²) in [6.45, 7) is 0.945. The Morgan fingerprint density at radius 1 is 0.943 bits per heavy atom. The van der Waals surface area contributed by atoms with Crippen LogP contribution in [-0.2, 0) is 31.3 Å². The van der Waals surface area contributed by atoms with E-state index in [4.69, 9.17) is 9.47 Å². The van der Waals surface area contributed by atoms with Crippen molar-refractivity contribution in [1.82, 2.24) is 8.61 Å². The van der Waals surface area contributed by atoms with Crippen molar-refractivity contribution < 1.29 is 31.1 Å². The minimum absolute atomic E-state index is 0.00802. The zero-order valence-corrected chi connectivity index (χ0v) is 21.9. The summed E-state index contributed by atoms with van der Waals surface area (Å²) in [6.07, 6.45) is 1.85. The Hall–Kier alpha value is -2.67. The highest BCUT2D eigenvalue weighted by molar-refractivity contribution is 7.89. The quantitative estimate of drug-likeness (QED) is 0.505. The first-order valence-corrected chi connectivity index (χ1v) is 14.0. The normalized spacial score (nSPS) is 14.8. The minimum atomic E-state index is -3.66. The highest BCUT2D eigenvalue weighted by Gasteiger charge is 2.28. The van der Waals surface area contributed by atoms with E-state index < -0.39 is 20.0 Å². The van der Waals surface area contributed by atoms with E-state index in [-0.39, 0.29) is 34.2 Å². The van der Waals surface area contributed by atoms with Crippen molar-refractivity contribution in [3.8, 4) is 11.5 Å². The van der Waals surface area contributed by atoms with Gasteiger partial charge in [-0.05, 0) is 61.2 Å². The molecule has 1 heterocycles. The SMILES string of the molecule is COc1ccc(S(=O)(=O)N(C)C)cc1CCC(=O)Nc1cc(S(=O)(=O)N2CCCC2)ccc1OC. The Labute approximate surface area is 206 Å². The van der Waals surface area contributed by atoms with E-state index >= 15 is 0 Å². The molecular weight excluding hydrogens is 494 g/mol. The number of hydrogen-bond acceptors (Lipinski definition) is 7. The maximum Gasteiger partial charge on any atom is 0.243 e. The van der Waals surface area contributed by atoms with Gasteiger partial charge in [0.15, 0.2) is 0 Å². The maximum atomic E-state index is 12.9. The summed E-state index contributed by atoms with van der Waals surface area (Å²) in [5.74, 6) is 0.407. The average Bonchev–Trinajstić information content (AvgIpc) is 3.38. The second-order valence-electron chi connectivity index (χ2n) is 8.28. The van der Waals surface area contributed by atoms with Gasteiger partial charge in [-0.15, -0.1) is 0 Å². The summed E-state index contributed by atoms with van der Waals surface area (Å²) >= 11 is 0. The Bertz CT molecular complexity index is 1290. The topological polar surface area (TPSA) is 122 Å². The number of methoxy groups -OCH3 is 2. The molecule has 1 aliphatic rings. The van der Waals surface area contributed by atoms with Gasteiger partial charge in [0, 0.05) is 33.6 Å². The van der Waals surface area contributed by atoms with Crippen LogP contribution in [0.25, 0.3) is 0 Å². The molecule has 0 aliphatic carbocycles. The molecule has 0 aromatic heterocycles. The van der Waals surface area contributed by atoms with Gasteiger partial charge in [-0.2, -0.15) is 4.31 Å². The van der Waals surface area contributed by atoms with Gasteiger partial charge in [0.25, 0.3) is 0 Å². The van der Waals surface area contributed by atoms with Crippen molar-refractivity contribution >= 4 is 31.6 Å². The van der Waals surface area contributed by atoms with Crippen molar-refractivity contribution in [2.45, 2.75) is 35.5 Å². The van der Waals surface area contributed by atoms with E-state index in [2.05, 4.69) is 5.32 Å². The summed E-state index contributed by atoms with van der Waals surface area (Å²) in [6, 6.07) is 8.87. The zero-order chi connectivity index (χ0) is 25.8. The molecule has 0 bridgehead atoms. The molecule has 1 amide bonds. The van der Waals surface area contributed by atoms with Crippen LogP contribution >= 0.6 is 0 Å². The molecule has 10 nitrogen and oxygen atoms in total. The summed E-state index contributed by atoms with van der Waals surface area (Å²) in [5.41, 5.74) is 0.802. The smallest absolute Gasteiger partial charge is 0.243 e. The molecule has 1 fully saturated rings. The summed E-state index contributed by atoms with van der Waals surface area (Å²) in [5, 5.41) is 2.72. The van der Waals surface area contributed by atoms with Gasteiger partial charge in [-0.25, -0.2) is 21.1 Å². The number of hydrogen-bond donors (Lipinski definition) is 1. The highest BCUT2D eigenvalue weighted by atomic mass is 32.2. The fraction of sp³-hybridized carbons (Fsp3) is 0.435. The number of carbonyl (C=O) groups excluding carboxylic acids is 1. The summed E-state index contributed by atoms with van der Waals surface area (Å²) in [7, 11) is -1.52. The Morgan fingerprint density at radius 3 is 2.14 bits per heavy atom. The van der Waals surface area contributed by atoms with Crippen LogP contribution in [0.3, 0.4) is 0 Å². The molecule has 35 heavy (non-hydrogen) atoms. The van der Waals surface area contributed by atoms with Crippen molar-refractivity contribution in [3.05, 3.63) is 42.0 Å². The number of carbonyl (C=O) groups is 1. The minimum Gasteiger partial charge on any atom is -0.496 e. The number of nitrogens with zero attached hydrogens (tertiary/aromatic N) is 2. The van der Waals surface area contributed by atoms with Gasteiger partial charge >= 0.3 is 0 Å². The maximum absolute atomic E-state index is 12.9. The standard InChI is InChI=1S/C23H31N3O7S2/c1-25(2)34(28,29)18-8-10-21(32-3)17(15-18)7-12-23(27)24-20-16-19(9-11-22(20)33-4)35(30,31)26-13-5-6-14-26/h8-11,15-16H,5-7,12-14H2,1-4H3,(H,24,27). The molecule has 0 saturated carbocycles. The largest absolute Gasteiger partial charge is 0.496 e. The van der Waals surface area contributed by atoms with Crippen LogP contribution in [0, 0.1) is 0 Å². The first-order chi connectivity index (χ1) is 16.5. The molecule has 192 valence electrons. The monoisotopic (exact) mass is 525 g/mol. The van der Waals surface area contributed by atoms with Gasteiger partial charge in [0.1, 0.15) is 11.5 Å². The molecule has 1 saturated heterocycles. The van der Waals surface area contributed by atoms with Crippen LogP contribution in [0.1, 0.15) is 24.8 Å². The van der Waals surface area contributed by atoms with Crippen LogP contribution in [-0.4, -0.2) is 72.8 Å². The Morgan fingerprint density at radius 2 is 1.54 bits per heavy atom. The molecule has 3 rings (SSSR count). The number of anilines is 1. The second kappa shape index (κ2) is 10.9. The molecule has 12 heteroatoms. The number of nitrogens with one attached hydrogen (secondary N) is 1. The van der Waals surface area contributed by atoms with Gasteiger partial charge in [0.05, 0.1) is 29.7 Å². The second-order valence-corrected chi connectivity index (χ2v) is 12.4. The number of aryl methyl sites for hydroxylation is 1. The van der Waals surface area contributed by atoms with Crippen LogP contribution in [0.2, 0.25) is 0 Å². The molecule has 1 aliphatic heterocycles. The third kappa shape index (κ3) is 5.95. The van der Waals surface area contributed by atoms with Crippen molar-refractivity contribution in [1.29, 1.82) is 0 Å². The van der Waals surface area contributed by atoms with Gasteiger partial charge in [0.2, 0.25) is 26.0 Å². The number of ether oxygens (including phenoxy) is 2. The molecule has 0 atom stereocenters. The lowest BCUT2D eigenvalue weighted by atomic mass is 10.1. The third-order valence-corrected chi connectivity index (χ3v) is 9.51. The highest BCUT2D eigenvalue weighted by Crippen LogP contribution is 2.31. The number of rotatable bonds is 10. The molecule has 0 spiro atoms. The van der Waals surface area contributed by atoms with Crippen LogP contribution in [0.4, 0.5) is 5.69 Å². The first-order valence-electron chi connectivity index (χ1n) is 11.1. The lowest BCUT2D eigenvalue weighted by Crippen LogP contribution is -2.28. The van der Waals surface area contributed by atoms with Crippen LogP contribution in [0.5, 0.6) is 11.5 Å². The Kier molecular flexibility index (Phi) is 8.42. The fourth-order valence-corrected chi connectivity index (χ4v) is 6.30. The predicted molar refractivity (Wildman–Crippen MR) is 132 cm³/mol. The van der Waals surface area contributed by atoms with E-state index in [1.807, 2.05) is 0 Å². The van der Waals surface area contributed by atoms with Gasteiger partial charge in [-0.1, -0.05) is 0 Å². The number of benzene rings is 2. The third-order valence-electron chi connectivity index (χ3n) is 5.80.